The Labute approximate surface area is 140 Å². The summed E-state index contributed by atoms with van der Waals surface area (Å²) in [6, 6.07) is 5.98. The van der Waals surface area contributed by atoms with E-state index in [-0.39, 0.29) is 17.9 Å². The summed E-state index contributed by atoms with van der Waals surface area (Å²) in [7, 11) is 0. The van der Waals surface area contributed by atoms with E-state index in [1.165, 1.54) is 12.0 Å². The van der Waals surface area contributed by atoms with Crippen molar-refractivity contribution in [3.63, 3.8) is 0 Å². The van der Waals surface area contributed by atoms with Gasteiger partial charge in [0.15, 0.2) is 17.7 Å². The van der Waals surface area contributed by atoms with Gasteiger partial charge in [0.05, 0.1) is 6.54 Å². The van der Waals surface area contributed by atoms with Gasteiger partial charge in [-0.05, 0) is 23.1 Å². The van der Waals surface area contributed by atoms with E-state index in [4.69, 9.17) is 8.83 Å². The predicted molar refractivity (Wildman–Crippen MR) is 89.8 cm³/mol. The average molecular weight is 327 g/mol. The number of carbonyl (C=O) groups excluding carboxylic acids is 1. The van der Waals surface area contributed by atoms with E-state index in [0.717, 1.165) is 5.52 Å². The van der Waals surface area contributed by atoms with Gasteiger partial charge in [0.1, 0.15) is 11.3 Å². The molecule has 1 amide bonds. The van der Waals surface area contributed by atoms with Crippen LogP contribution in [0.2, 0.25) is 0 Å². The molecule has 1 aromatic carbocycles. The lowest BCUT2D eigenvalue weighted by molar-refractivity contribution is 0.0941. The maximum absolute atomic E-state index is 12.2. The third-order valence-electron chi connectivity index (χ3n) is 3.88. The highest BCUT2D eigenvalue weighted by Crippen LogP contribution is 2.26. The minimum Gasteiger partial charge on any atom is -0.448 e. The van der Waals surface area contributed by atoms with Gasteiger partial charge in [-0.1, -0.05) is 33.8 Å². The maximum atomic E-state index is 12.2. The standard InChI is InChI=1S/C18H21N3O3/c1-5-13-16(20-10-23-13)17(22)19-9-15-21-12-8-11(18(2,3)4)6-7-14(12)24-15/h6-8,10H,5,9H2,1-4H3,(H,19,22). The molecule has 2 heterocycles. The quantitative estimate of drug-likeness (QED) is 0.791. The Morgan fingerprint density at radius 1 is 1.29 bits per heavy atom. The highest BCUT2D eigenvalue weighted by Gasteiger charge is 2.18. The number of nitrogens with one attached hydrogen (secondary N) is 1. The molecule has 0 atom stereocenters. The monoisotopic (exact) mass is 327 g/mol. The number of aryl methyl sites for hydroxylation is 1. The van der Waals surface area contributed by atoms with Gasteiger partial charge in [0.25, 0.3) is 5.91 Å². The fourth-order valence-electron chi connectivity index (χ4n) is 2.46. The number of fused-ring (bicyclic) bond motifs is 1. The zero-order valence-corrected chi connectivity index (χ0v) is 14.3. The third kappa shape index (κ3) is 3.18. The van der Waals surface area contributed by atoms with Crippen LogP contribution in [0, 0.1) is 0 Å². The smallest absolute Gasteiger partial charge is 0.273 e. The molecule has 2 aromatic heterocycles. The molecular weight excluding hydrogens is 306 g/mol. The van der Waals surface area contributed by atoms with Crippen LogP contribution in [0.5, 0.6) is 0 Å². The highest BCUT2D eigenvalue weighted by atomic mass is 16.4. The fourth-order valence-corrected chi connectivity index (χ4v) is 2.46. The fraction of sp³-hybridized carbons (Fsp3) is 0.389. The van der Waals surface area contributed by atoms with Gasteiger partial charge in [-0.3, -0.25) is 4.79 Å². The SMILES string of the molecule is CCc1ocnc1C(=O)NCc1nc2cc(C(C)(C)C)ccc2o1. The number of amides is 1. The van der Waals surface area contributed by atoms with E-state index >= 15 is 0 Å². The predicted octanol–water partition coefficient (Wildman–Crippen LogP) is 3.61. The molecule has 0 aliphatic heterocycles. The molecule has 0 aliphatic carbocycles. The van der Waals surface area contributed by atoms with Crippen LogP contribution in [-0.2, 0) is 18.4 Å². The van der Waals surface area contributed by atoms with Crippen molar-refractivity contribution in [1.29, 1.82) is 0 Å². The van der Waals surface area contributed by atoms with Crippen LogP contribution in [-0.4, -0.2) is 15.9 Å². The first-order chi connectivity index (χ1) is 11.4. The lowest BCUT2D eigenvalue weighted by Crippen LogP contribution is -2.24. The molecule has 0 aliphatic rings. The lowest BCUT2D eigenvalue weighted by Gasteiger charge is -2.18. The van der Waals surface area contributed by atoms with Crippen LogP contribution >= 0.6 is 0 Å². The Kier molecular flexibility index (Phi) is 4.13. The van der Waals surface area contributed by atoms with Crippen LogP contribution in [0.15, 0.2) is 33.4 Å². The number of oxazole rings is 2. The van der Waals surface area contributed by atoms with E-state index in [1.54, 1.807) is 0 Å². The number of nitrogens with zero attached hydrogens (tertiary/aromatic N) is 2. The molecule has 6 nitrogen and oxygen atoms in total. The van der Waals surface area contributed by atoms with E-state index in [1.807, 2.05) is 25.1 Å². The van der Waals surface area contributed by atoms with Gasteiger partial charge in [-0.2, -0.15) is 0 Å². The first-order valence-corrected chi connectivity index (χ1v) is 7.99. The highest BCUT2D eigenvalue weighted by molar-refractivity contribution is 5.93. The van der Waals surface area contributed by atoms with E-state index < -0.39 is 0 Å². The third-order valence-corrected chi connectivity index (χ3v) is 3.88. The summed E-state index contributed by atoms with van der Waals surface area (Å²) < 4.78 is 10.9. The minimum absolute atomic E-state index is 0.0467. The number of hydrogen-bond donors (Lipinski definition) is 1. The van der Waals surface area contributed by atoms with Crippen LogP contribution in [0.25, 0.3) is 11.1 Å². The van der Waals surface area contributed by atoms with Gasteiger partial charge < -0.3 is 14.2 Å². The van der Waals surface area contributed by atoms with Crippen molar-refractivity contribution in [1.82, 2.24) is 15.3 Å². The number of hydrogen-bond acceptors (Lipinski definition) is 5. The maximum Gasteiger partial charge on any atom is 0.273 e. The van der Waals surface area contributed by atoms with E-state index in [9.17, 15) is 4.79 Å². The minimum atomic E-state index is -0.293. The normalized spacial score (nSPS) is 11.8. The van der Waals surface area contributed by atoms with E-state index in [2.05, 4.69) is 36.1 Å². The molecule has 0 spiro atoms. The number of aromatic nitrogens is 2. The number of benzene rings is 1. The topological polar surface area (TPSA) is 81.2 Å². The second-order valence-corrected chi connectivity index (χ2v) is 6.70. The van der Waals surface area contributed by atoms with Crippen LogP contribution < -0.4 is 5.32 Å². The molecule has 1 N–H and O–H groups in total. The second kappa shape index (κ2) is 6.11. The van der Waals surface area contributed by atoms with Gasteiger partial charge >= 0.3 is 0 Å². The zero-order chi connectivity index (χ0) is 17.3. The molecule has 3 aromatic rings. The Hall–Kier alpha value is -2.63. The molecule has 0 radical (unpaired) electrons. The van der Waals surface area contributed by atoms with Crippen molar-refractivity contribution >= 4 is 17.0 Å². The summed E-state index contributed by atoms with van der Waals surface area (Å²) in [5, 5.41) is 2.76. The Bertz CT molecular complexity index is 871. The first-order valence-electron chi connectivity index (χ1n) is 7.99. The summed E-state index contributed by atoms with van der Waals surface area (Å²) in [6.07, 6.45) is 1.89. The van der Waals surface area contributed by atoms with Crippen molar-refractivity contribution in [3.8, 4) is 0 Å². The zero-order valence-electron chi connectivity index (χ0n) is 14.3. The summed E-state index contributed by atoms with van der Waals surface area (Å²) in [5.41, 5.74) is 3.05. The summed E-state index contributed by atoms with van der Waals surface area (Å²) in [5.74, 6) is 0.740. The molecule has 3 rings (SSSR count). The van der Waals surface area contributed by atoms with Gasteiger partial charge in [-0.25, -0.2) is 9.97 Å². The van der Waals surface area contributed by atoms with Crippen molar-refractivity contribution in [2.45, 2.75) is 46.1 Å². The number of rotatable bonds is 4. The van der Waals surface area contributed by atoms with Crippen molar-refractivity contribution < 1.29 is 13.6 Å². The number of carbonyl (C=O) groups is 1. The van der Waals surface area contributed by atoms with Crippen molar-refractivity contribution in [2.24, 2.45) is 0 Å². The second-order valence-electron chi connectivity index (χ2n) is 6.70. The van der Waals surface area contributed by atoms with Gasteiger partial charge in [0.2, 0.25) is 5.89 Å². The van der Waals surface area contributed by atoms with Crippen LogP contribution in [0.4, 0.5) is 0 Å². The Morgan fingerprint density at radius 2 is 2.08 bits per heavy atom. The Morgan fingerprint density at radius 3 is 2.79 bits per heavy atom. The van der Waals surface area contributed by atoms with Gasteiger partial charge in [-0.15, -0.1) is 0 Å². The molecule has 126 valence electrons. The first kappa shape index (κ1) is 16.2. The van der Waals surface area contributed by atoms with Crippen molar-refractivity contribution in [3.05, 3.63) is 47.5 Å². The summed E-state index contributed by atoms with van der Waals surface area (Å²) in [6.45, 7) is 8.56. The van der Waals surface area contributed by atoms with E-state index in [0.29, 0.717) is 29.3 Å². The molecule has 0 saturated heterocycles. The largest absolute Gasteiger partial charge is 0.448 e. The average Bonchev–Trinajstić information content (AvgIpc) is 3.16. The molecule has 24 heavy (non-hydrogen) atoms. The van der Waals surface area contributed by atoms with Crippen LogP contribution in [0.3, 0.4) is 0 Å². The van der Waals surface area contributed by atoms with Gasteiger partial charge in [0, 0.05) is 6.42 Å². The molecular formula is C18H21N3O3. The lowest BCUT2D eigenvalue weighted by atomic mass is 9.87. The molecule has 6 heteroatoms. The summed E-state index contributed by atoms with van der Waals surface area (Å²) >= 11 is 0. The Balaban J connectivity index is 1.75. The molecule has 0 saturated carbocycles. The molecule has 0 bridgehead atoms. The van der Waals surface area contributed by atoms with Crippen LogP contribution in [0.1, 0.15) is 55.4 Å². The van der Waals surface area contributed by atoms with Crippen molar-refractivity contribution in [2.75, 3.05) is 0 Å². The summed E-state index contributed by atoms with van der Waals surface area (Å²) in [4.78, 5) is 20.6. The molecule has 0 fully saturated rings. The molecule has 0 unspecified atom stereocenters.